The van der Waals surface area contributed by atoms with E-state index in [-0.39, 0.29) is 12.6 Å². The van der Waals surface area contributed by atoms with Gasteiger partial charge in [-0.15, -0.1) is 0 Å². The summed E-state index contributed by atoms with van der Waals surface area (Å²) in [5, 5.41) is 9.15. The van der Waals surface area contributed by atoms with Gasteiger partial charge in [0.05, 0.1) is 13.7 Å². The van der Waals surface area contributed by atoms with Gasteiger partial charge >= 0.3 is 0 Å². The van der Waals surface area contributed by atoms with Gasteiger partial charge in [-0.2, -0.15) is 0 Å². The second kappa shape index (κ2) is 3.59. The van der Waals surface area contributed by atoms with Gasteiger partial charge in [-0.3, -0.25) is 0 Å². The number of methoxy groups -OCH3 is 1. The van der Waals surface area contributed by atoms with E-state index in [9.17, 15) is 0 Å². The number of ether oxygens (including phenoxy) is 1. The lowest BCUT2D eigenvalue weighted by molar-refractivity contribution is 0.273. The fourth-order valence-electron chi connectivity index (χ4n) is 2.03. The Morgan fingerprint density at radius 2 is 2.36 bits per heavy atom. The molecule has 1 aliphatic rings. The highest BCUT2D eigenvalue weighted by molar-refractivity contribution is 5.46. The standard InChI is InChI=1S/C11H15NO2/c1-14-11-5-7-2-3-10(12)9(7)4-8(11)6-13/h4-5,10,13H,2-3,6,12H2,1H3. The highest BCUT2D eigenvalue weighted by Crippen LogP contribution is 2.34. The first-order valence-electron chi connectivity index (χ1n) is 4.82. The van der Waals surface area contributed by atoms with Gasteiger partial charge in [0.1, 0.15) is 5.75 Å². The molecule has 2 rings (SSSR count). The van der Waals surface area contributed by atoms with Gasteiger partial charge in [0.2, 0.25) is 0 Å². The predicted molar refractivity (Wildman–Crippen MR) is 54.2 cm³/mol. The van der Waals surface area contributed by atoms with Gasteiger partial charge in [0.15, 0.2) is 0 Å². The molecule has 0 saturated carbocycles. The number of benzene rings is 1. The first kappa shape index (κ1) is 9.49. The number of aliphatic hydroxyl groups excluding tert-OH is 1. The molecule has 3 nitrogen and oxygen atoms in total. The van der Waals surface area contributed by atoms with Crippen LogP contribution in [0.25, 0.3) is 0 Å². The normalized spacial score (nSPS) is 19.5. The lowest BCUT2D eigenvalue weighted by Crippen LogP contribution is -2.06. The summed E-state index contributed by atoms with van der Waals surface area (Å²) >= 11 is 0. The average Bonchev–Trinajstić information content (AvgIpc) is 2.58. The van der Waals surface area contributed by atoms with Crippen LogP contribution in [0.3, 0.4) is 0 Å². The Hall–Kier alpha value is -1.06. The summed E-state index contributed by atoms with van der Waals surface area (Å²) in [6.45, 7) is 0.00315. The third-order valence-electron chi connectivity index (χ3n) is 2.84. The van der Waals surface area contributed by atoms with Gasteiger partial charge in [-0.1, -0.05) is 0 Å². The van der Waals surface area contributed by atoms with Crippen molar-refractivity contribution in [2.75, 3.05) is 7.11 Å². The molecule has 14 heavy (non-hydrogen) atoms. The van der Waals surface area contributed by atoms with Crippen molar-refractivity contribution in [2.45, 2.75) is 25.5 Å². The zero-order valence-corrected chi connectivity index (χ0v) is 8.29. The van der Waals surface area contributed by atoms with Crippen molar-refractivity contribution in [3.8, 4) is 5.75 Å². The zero-order chi connectivity index (χ0) is 10.1. The SMILES string of the molecule is COc1cc2c(cc1CO)C(N)CC2. The van der Waals surface area contributed by atoms with Crippen molar-refractivity contribution < 1.29 is 9.84 Å². The van der Waals surface area contributed by atoms with Gasteiger partial charge in [0, 0.05) is 11.6 Å². The van der Waals surface area contributed by atoms with Crippen molar-refractivity contribution >= 4 is 0 Å². The van der Waals surface area contributed by atoms with Crippen molar-refractivity contribution in [3.63, 3.8) is 0 Å². The number of rotatable bonds is 2. The topological polar surface area (TPSA) is 55.5 Å². The van der Waals surface area contributed by atoms with Crippen LogP contribution in [0.4, 0.5) is 0 Å². The Kier molecular flexibility index (Phi) is 2.44. The van der Waals surface area contributed by atoms with Crippen LogP contribution in [0.2, 0.25) is 0 Å². The van der Waals surface area contributed by atoms with E-state index in [1.807, 2.05) is 12.1 Å². The van der Waals surface area contributed by atoms with Crippen LogP contribution in [-0.2, 0) is 13.0 Å². The molecule has 0 fully saturated rings. The molecule has 3 N–H and O–H groups in total. The Balaban J connectivity index is 2.49. The maximum absolute atomic E-state index is 9.15. The molecule has 76 valence electrons. The lowest BCUT2D eigenvalue weighted by atomic mass is 10.0. The fraction of sp³-hybridized carbons (Fsp3) is 0.455. The third kappa shape index (κ3) is 1.38. The number of hydrogen-bond acceptors (Lipinski definition) is 3. The summed E-state index contributed by atoms with van der Waals surface area (Å²) < 4.78 is 5.20. The summed E-state index contributed by atoms with van der Waals surface area (Å²) in [4.78, 5) is 0. The summed E-state index contributed by atoms with van der Waals surface area (Å²) in [5.74, 6) is 0.764. The minimum Gasteiger partial charge on any atom is -0.496 e. The third-order valence-corrected chi connectivity index (χ3v) is 2.84. The molecule has 0 bridgehead atoms. The van der Waals surface area contributed by atoms with E-state index in [0.717, 1.165) is 29.7 Å². The Morgan fingerprint density at radius 3 is 3.00 bits per heavy atom. The second-order valence-corrected chi connectivity index (χ2v) is 3.67. The van der Waals surface area contributed by atoms with Crippen LogP contribution in [0.15, 0.2) is 12.1 Å². The molecular formula is C11H15NO2. The summed E-state index contributed by atoms with van der Waals surface area (Å²) in [6.07, 6.45) is 2.01. The lowest BCUT2D eigenvalue weighted by Gasteiger charge is -2.11. The predicted octanol–water partition coefficient (Wildman–Crippen LogP) is 1.13. The van der Waals surface area contributed by atoms with Crippen molar-refractivity contribution in [3.05, 3.63) is 28.8 Å². The molecule has 0 aromatic heterocycles. The van der Waals surface area contributed by atoms with Crippen molar-refractivity contribution in [1.82, 2.24) is 0 Å². The summed E-state index contributed by atoms with van der Waals surface area (Å²) in [7, 11) is 1.62. The van der Waals surface area contributed by atoms with Crippen LogP contribution < -0.4 is 10.5 Å². The van der Waals surface area contributed by atoms with Crippen LogP contribution in [0.5, 0.6) is 5.75 Å². The number of fused-ring (bicyclic) bond motifs is 1. The maximum Gasteiger partial charge on any atom is 0.124 e. The molecule has 0 aliphatic heterocycles. The number of hydrogen-bond donors (Lipinski definition) is 2. The van der Waals surface area contributed by atoms with E-state index in [1.54, 1.807) is 7.11 Å². The first-order valence-corrected chi connectivity index (χ1v) is 4.82. The Morgan fingerprint density at radius 1 is 1.57 bits per heavy atom. The highest BCUT2D eigenvalue weighted by Gasteiger charge is 2.21. The quantitative estimate of drug-likeness (QED) is 0.740. The minimum atomic E-state index is 0.00315. The summed E-state index contributed by atoms with van der Waals surface area (Å²) in [6, 6.07) is 4.08. The Bertz CT molecular complexity index is 349. The number of aryl methyl sites for hydroxylation is 1. The molecule has 0 saturated heterocycles. The average molecular weight is 193 g/mol. The van der Waals surface area contributed by atoms with E-state index < -0.39 is 0 Å². The molecule has 0 amide bonds. The maximum atomic E-state index is 9.15. The molecule has 0 heterocycles. The van der Waals surface area contributed by atoms with Gasteiger partial charge in [0.25, 0.3) is 0 Å². The van der Waals surface area contributed by atoms with E-state index in [0.29, 0.717) is 0 Å². The van der Waals surface area contributed by atoms with Gasteiger partial charge in [-0.25, -0.2) is 0 Å². The van der Waals surface area contributed by atoms with Crippen molar-refractivity contribution in [1.29, 1.82) is 0 Å². The van der Waals surface area contributed by atoms with Crippen LogP contribution in [0, 0.1) is 0 Å². The number of aliphatic hydroxyl groups is 1. The van der Waals surface area contributed by atoms with Crippen molar-refractivity contribution in [2.24, 2.45) is 5.73 Å². The molecule has 1 aliphatic carbocycles. The van der Waals surface area contributed by atoms with E-state index >= 15 is 0 Å². The first-order chi connectivity index (χ1) is 6.76. The molecule has 1 atom stereocenters. The fourth-order valence-corrected chi connectivity index (χ4v) is 2.03. The number of nitrogens with two attached hydrogens (primary N) is 1. The molecule has 1 aromatic rings. The molecular weight excluding hydrogens is 178 g/mol. The second-order valence-electron chi connectivity index (χ2n) is 3.67. The minimum absolute atomic E-state index is 0.00315. The van der Waals surface area contributed by atoms with E-state index in [2.05, 4.69) is 0 Å². The highest BCUT2D eigenvalue weighted by atomic mass is 16.5. The molecule has 0 radical (unpaired) electrons. The van der Waals surface area contributed by atoms with Crippen LogP contribution >= 0.6 is 0 Å². The largest absolute Gasteiger partial charge is 0.496 e. The molecule has 0 spiro atoms. The van der Waals surface area contributed by atoms with Crippen LogP contribution in [0.1, 0.15) is 29.2 Å². The Labute approximate surface area is 83.5 Å². The summed E-state index contributed by atoms with van der Waals surface area (Å²) in [5.41, 5.74) is 9.18. The molecule has 3 heteroatoms. The van der Waals surface area contributed by atoms with Gasteiger partial charge < -0.3 is 15.6 Å². The molecule has 1 aromatic carbocycles. The van der Waals surface area contributed by atoms with E-state index in [1.165, 1.54) is 5.56 Å². The van der Waals surface area contributed by atoms with Gasteiger partial charge in [-0.05, 0) is 36.1 Å². The monoisotopic (exact) mass is 193 g/mol. The zero-order valence-electron chi connectivity index (χ0n) is 8.29. The van der Waals surface area contributed by atoms with E-state index in [4.69, 9.17) is 15.6 Å². The smallest absolute Gasteiger partial charge is 0.124 e. The molecule has 1 unspecified atom stereocenters. The van der Waals surface area contributed by atoms with Crippen LogP contribution in [-0.4, -0.2) is 12.2 Å².